The van der Waals surface area contributed by atoms with E-state index in [1.165, 1.54) is 0 Å². The van der Waals surface area contributed by atoms with Crippen LogP contribution in [0.25, 0.3) is 0 Å². The van der Waals surface area contributed by atoms with E-state index in [4.69, 9.17) is 4.74 Å². The molecule has 1 saturated heterocycles. The standard InChI is InChI=1S/C13H18N4O5S/c1-2-22-12(19)9-4-3-5-16(7-9)8-10(18)15-13-14-6-11(23-13)17(20)21/h6,9H,2-5,7-8H2,1H3,(H,14,15,18). The molecule has 2 rings (SSSR count). The molecule has 1 unspecified atom stereocenters. The predicted octanol–water partition coefficient (Wildman–Crippen LogP) is 1.26. The van der Waals surface area contributed by atoms with Crippen molar-refractivity contribution in [3.63, 3.8) is 0 Å². The fourth-order valence-corrected chi connectivity index (χ4v) is 3.07. The Morgan fingerprint density at radius 2 is 2.39 bits per heavy atom. The van der Waals surface area contributed by atoms with Crippen molar-refractivity contribution in [3.8, 4) is 0 Å². The monoisotopic (exact) mass is 342 g/mol. The van der Waals surface area contributed by atoms with Crippen LogP contribution in [0, 0.1) is 16.0 Å². The number of carbonyl (C=O) groups excluding carboxylic acids is 2. The van der Waals surface area contributed by atoms with Crippen molar-refractivity contribution < 1.29 is 19.2 Å². The van der Waals surface area contributed by atoms with Gasteiger partial charge in [-0.2, -0.15) is 0 Å². The summed E-state index contributed by atoms with van der Waals surface area (Å²) in [6.07, 6.45) is 2.69. The van der Waals surface area contributed by atoms with Gasteiger partial charge in [0.15, 0.2) is 5.13 Å². The van der Waals surface area contributed by atoms with Crippen molar-refractivity contribution in [2.24, 2.45) is 5.92 Å². The Morgan fingerprint density at radius 1 is 1.61 bits per heavy atom. The zero-order valence-electron chi connectivity index (χ0n) is 12.7. The van der Waals surface area contributed by atoms with Gasteiger partial charge in [0, 0.05) is 6.54 Å². The molecular weight excluding hydrogens is 324 g/mol. The summed E-state index contributed by atoms with van der Waals surface area (Å²) in [7, 11) is 0. The van der Waals surface area contributed by atoms with Crippen molar-refractivity contribution in [2.45, 2.75) is 19.8 Å². The molecule has 1 atom stereocenters. The molecule has 1 aromatic heterocycles. The van der Waals surface area contributed by atoms with Crippen molar-refractivity contribution in [1.82, 2.24) is 9.88 Å². The van der Waals surface area contributed by atoms with Gasteiger partial charge in [0.25, 0.3) is 0 Å². The molecular formula is C13H18N4O5S. The fraction of sp³-hybridized carbons (Fsp3) is 0.615. The number of amides is 1. The molecule has 1 fully saturated rings. The third-order valence-electron chi connectivity index (χ3n) is 3.41. The molecule has 126 valence electrons. The maximum Gasteiger partial charge on any atom is 0.345 e. The van der Waals surface area contributed by atoms with E-state index in [1.54, 1.807) is 6.92 Å². The minimum Gasteiger partial charge on any atom is -0.466 e. The SMILES string of the molecule is CCOC(=O)C1CCCN(CC(=O)Nc2ncc([N+](=O)[O-])s2)C1. The molecule has 0 bridgehead atoms. The van der Waals surface area contributed by atoms with E-state index in [2.05, 4.69) is 10.3 Å². The summed E-state index contributed by atoms with van der Waals surface area (Å²) in [6, 6.07) is 0. The summed E-state index contributed by atoms with van der Waals surface area (Å²) in [4.78, 5) is 39.5. The van der Waals surface area contributed by atoms with Crippen molar-refractivity contribution in [3.05, 3.63) is 16.3 Å². The predicted molar refractivity (Wildman–Crippen MR) is 83.2 cm³/mol. The van der Waals surface area contributed by atoms with Gasteiger partial charge in [-0.1, -0.05) is 0 Å². The van der Waals surface area contributed by atoms with Gasteiger partial charge >= 0.3 is 11.0 Å². The van der Waals surface area contributed by atoms with Gasteiger partial charge < -0.3 is 10.1 Å². The number of nitro groups is 1. The number of rotatable bonds is 6. The molecule has 1 aliphatic heterocycles. The quantitative estimate of drug-likeness (QED) is 0.470. The first-order valence-corrected chi connectivity index (χ1v) is 8.10. The van der Waals surface area contributed by atoms with Crippen LogP contribution in [-0.2, 0) is 14.3 Å². The van der Waals surface area contributed by atoms with Crippen molar-refractivity contribution >= 4 is 33.3 Å². The summed E-state index contributed by atoms with van der Waals surface area (Å²) in [5.74, 6) is -0.746. The third kappa shape index (κ3) is 4.96. The van der Waals surface area contributed by atoms with Gasteiger partial charge in [0.05, 0.1) is 24.0 Å². The minimum atomic E-state index is -0.554. The number of thiazole rings is 1. The second-order valence-electron chi connectivity index (χ2n) is 5.14. The van der Waals surface area contributed by atoms with Crippen LogP contribution < -0.4 is 5.32 Å². The minimum absolute atomic E-state index is 0.114. The Morgan fingerprint density at radius 3 is 3.04 bits per heavy atom. The number of aromatic nitrogens is 1. The molecule has 1 N–H and O–H groups in total. The van der Waals surface area contributed by atoms with Crippen molar-refractivity contribution in [1.29, 1.82) is 0 Å². The summed E-state index contributed by atoms with van der Waals surface area (Å²) in [6.45, 7) is 3.42. The number of nitrogens with one attached hydrogen (secondary N) is 1. The number of anilines is 1. The Kier molecular flexibility index (Phi) is 5.99. The van der Waals surface area contributed by atoms with Crippen LogP contribution in [0.5, 0.6) is 0 Å². The number of ether oxygens (including phenoxy) is 1. The maximum absolute atomic E-state index is 12.0. The van der Waals surface area contributed by atoms with Crippen LogP contribution in [0.3, 0.4) is 0 Å². The van der Waals surface area contributed by atoms with Crippen LogP contribution in [0.15, 0.2) is 6.20 Å². The van der Waals surface area contributed by atoms with E-state index in [0.717, 1.165) is 36.9 Å². The topological polar surface area (TPSA) is 115 Å². The van der Waals surface area contributed by atoms with Crippen LogP contribution in [-0.4, -0.2) is 52.9 Å². The van der Waals surface area contributed by atoms with Gasteiger partial charge in [-0.3, -0.25) is 24.6 Å². The van der Waals surface area contributed by atoms with Gasteiger partial charge in [0.1, 0.15) is 6.20 Å². The molecule has 0 aromatic carbocycles. The number of piperidine rings is 1. The lowest BCUT2D eigenvalue weighted by Gasteiger charge is -2.30. The zero-order chi connectivity index (χ0) is 16.8. The van der Waals surface area contributed by atoms with E-state index in [1.807, 2.05) is 4.90 Å². The third-order valence-corrected chi connectivity index (χ3v) is 4.28. The normalized spacial score (nSPS) is 18.4. The lowest BCUT2D eigenvalue weighted by Crippen LogP contribution is -2.43. The van der Waals surface area contributed by atoms with Gasteiger partial charge in [-0.25, -0.2) is 4.98 Å². The van der Waals surface area contributed by atoms with E-state index in [0.29, 0.717) is 13.2 Å². The number of esters is 1. The highest BCUT2D eigenvalue weighted by atomic mass is 32.1. The number of nitrogens with zero attached hydrogens (tertiary/aromatic N) is 3. The van der Waals surface area contributed by atoms with Crippen LogP contribution >= 0.6 is 11.3 Å². The number of hydrogen-bond acceptors (Lipinski definition) is 8. The number of carbonyl (C=O) groups is 2. The Labute approximate surface area is 136 Å². The van der Waals surface area contributed by atoms with Crippen LogP contribution in [0.4, 0.5) is 10.1 Å². The molecule has 1 aromatic rings. The van der Waals surface area contributed by atoms with Crippen LogP contribution in [0.2, 0.25) is 0 Å². The zero-order valence-corrected chi connectivity index (χ0v) is 13.5. The summed E-state index contributed by atoms with van der Waals surface area (Å²) in [5, 5.41) is 13.2. The second kappa shape index (κ2) is 7.97. The van der Waals surface area contributed by atoms with E-state index < -0.39 is 4.92 Å². The molecule has 0 saturated carbocycles. The molecule has 0 aliphatic carbocycles. The van der Waals surface area contributed by atoms with E-state index in [-0.39, 0.29) is 34.5 Å². The molecule has 0 radical (unpaired) electrons. The molecule has 2 heterocycles. The average molecular weight is 342 g/mol. The fourth-order valence-electron chi connectivity index (χ4n) is 2.42. The van der Waals surface area contributed by atoms with E-state index in [9.17, 15) is 19.7 Å². The lowest BCUT2D eigenvalue weighted by atomic mass is 9.98. The smallest absolute Gasteiger partial charge is 0.345 e. The first-order valence-electron chi connectivity index (χ1n) is 7.28. The summed E-state index contributed by atoms with van der Waals surface area (Å²) in [5.41, 5.74) is 0. The highest BCUT2D eigenvalue weighted by Gasteiger charge is 2.28. The van der Waals surface area contributed by atoms with Gasteiger partial charge in [-0.05, 0) is 37.6 Å². The number of likely N-dealkylation sites (tertiary alicyclic amines) is 1. The Balaban J connectivity index is 1.84. The van der Waals surface area contributed by atoms with Gasteiger partial charge in [0.2, 0.25) is 5.91 Å². The first-order chi connectivity index (χ1) is 11.0. The summed E-state index contributed by atoms with van der Waals surface area (Å²) < 4.78 is 5.02. The summed E-state index contributed by atoms with van der Waals surface area (Å²) >= 11 is 0.809. The first kappa shape index (κ1) is 17.3. The number of hydrogen-bond donors (Lipinski definition) is 1. The lowest BCUT2D eigenvalue weighted by molar-refractivity contribution is -0.380. The maximum atomic E-state index is 12.0. The molecule has 1 aliphatic rings. The van der Waals surface area contributed by atoms with Gasteiger partial charge in [-0.15, -0.1) is 0 Å². The molecule has 1 amide bonds. The van der Waals surface area contributed by atoms with Crippen molar-refractivity contribution in [2.75, 3.05) is 31.6 Å². The molecule has 0 spiro atoms. The van der Waals surface area contributed by atoms with E-state index >= 15 is 0 Å². The average Bonchev–Trinajstić information content (AvgIpc) is 2.96. The highest BCUT2D eigenvalue weighted by Crippen LogP contribution is 2.25. The Bertz CT molecular complexity index is 591. The Hall–Kier alpha value is -2.07. The highest BCUT2D eigenvalue weighted by molar-refractivity contribution is 7.18. The molecule has 10 heteroatoms. The molecule has 9 nitrogen and oxygen atoms in total. The molecule has 23 heavy (non-hydrogen) atoms. The second-order valence-corrected chi connectivity index (χ2v) is 6.14. The van der Waals surface area contributed by atoms with Crippen LogP contribution in [0.1, 0.15) is 19.8 Å². The largest absolute Gasteiger partial charge is 0.466 e.